The van der Waals surface area contributed by atoms with E-state index in [-0.39, 0.29) is 35.5 Å². The Labute approximate surface area is 223 Å². The molecule has 2 aliphatic heterocycles. The topological polar surface area (TPSA) is 81.2 Å². The van der Waals surface area contributed by atoms with E-state index in [1.807, 2.05) is 18.2 Å². The van der Waals surface area contributed by atoms with Gasteiger partial charge in [0.15, 0.2) is 11.5 Å². The number of anilines is 1. The summed E-state index contributed by atoms with van der Waals surface area (Å²) < 4.78 is 70.8. The van der Waals surface area contributed by atoms with Crippen LogP contribution in [0.3, 0.4) is 0 Å². The van der Waals surface area contributed by atoms with Crippen LogP contribution in [0.25, 0.3) is 0 Å². The minimum Gasteiger partial charge on any atom is -0.495 e. The molecule has 1 saturated heterocycles. The number of hydrogen-bond donors (Lipinski definition) is 0. The van der Waals surface area contributed by atoms with Gasteiger partial charge in [0.1, 0.15) is 11.6 Å². The molecule has 3 heterocycles. The van der Waals surface area contributed by atoms with E-state index in [0.29, 0.717) is 29.4 Å². The number of methoxy groups -OCH3 is 1. The van der Waals surface area contributed by atoms with Crippen molar-refractivity contribution < 1.29 is 31.4 Å². The molecule has 0 N–H and O–H groups in total. The van der Waals surface area contributed by atoms with E-state index in [0.717, 1.165) is 23.8 Å². The van der Waals surface area contributed by atoms with Gasteiger partial charge < -0.3 is 14.2 Å². The second kappa shape index (κ2) is 10.3. The van der Waals surface area contributed by atoms with Crippen LogP contribution in [-0.2, 0) is 10.0 Å². The van der Waals surface area contributed by atoms with Gasteiger partial charge in [-0.05, 0) is 61.9 Å². The number of pyridine rings is 1. The number of alkyl halides is 2. The van der Waals surface area contributed by atoms with E-state index in [1.165, 1.54) is 28.4 Å². The molecule has 3 aliphatic rings. The molecule has 5 rings (SSSR count). The molecule has 1 fully saturated rings. The van der Waals surface area contributed by atoms with Crippen LogP contribution in [-0.4, -0.2) is 50.2 Å². The highest BCUT2D eigenvalue weighted by atomic mass is 35.5. The zero-order valence-electron chi connectivity index (χ0n) is 19.8. The molecule has 0 unspecified atom stereocenters. The van der Waals surface area contributed by atoms with Crippen molar-refractivity contribution in [3.63, 3.8) is 0 Å². The zero-order valence-corrected chi connectivity index (χ0v) is 22.2. The number of halogens is 3. The monoisotopic (exact) mass is 571 g/mol. The molecule has 0 saturated carbocycles. The number of hydrogen-bond acceptors (Lipinski definition) is 8. The van der Waals surface area contributed by atoms with E-state index in [9.17, 15) is 17.2 Å². The number of ether oxygens (including phenoxy) is 3. The first-order valence-corrected chi connectivity index (χ1v) is 14.2. The Morgan fingerprint density at radius 3 is 2.54 bits per heavy atom. The number of aromatic nitrogens is 1. The standard InChI is InChI=1S/C24H24ClF2N3O5S2/c1-33-17-6-9-23(28-15-17)30(36-22-5-3-2-4-19(22)25)16-10-12-29(13-11-16)37(31,32)18-7-8-20-21(14-18)35-24(26,27)34-20/h4-9,14-16H,2-3,10-13H2,1H3. The largest absolute Gasteiger partial charge is 0.586 e. The molecule has 0 amide bonds. The van der Waals surface area contributed by atoms with Gasteiger partial charge in [0, 0.05) is 30.1 Å². The maximum atomic E-state index is 13.4. The summed E-state index contributed by atoms with van der Waals surface area (Å²) in [6, 6.07) is 7.16. The summed E-state index contributed by atoms with van der Waals surface area (Å²) in [7, 11) is -2.35. The number of rotatable bonds is 7. The van der Waals surface area contributed by atoms with Gasteiger partial charge >= 0.3 is 6.29 Å². The first-order chi connectivity index (χ1) is 17.7. The van der Waals surface area contributed by atoms with Crippen molar-refractivity contribution in [2.75, 3.05) is 24.5 Å². The van der Waals surface area contributed by atoms with Crippen LogP contribution in [0, 0.1) is 0 Å². The fraction of sp³-hybridized carbons (Fsp3) is 0.375. The maximum absolute atomic E-state index is 13.4. The summed E-state index contributed by atoms with van der Waals surface area (Å²) in [5.74, 6) is 0.831. The maximum Gasteiger partial charge on any atom is 0.586 e. The van der Waals surface area contributed by atoms with Crippen LogP contribution in [0.15, 0.2) is 63.5 Å². The molecule has 0 radical (unpaired) electrons. The molecule has 0 bridgehead atoms. The molecule has 0 atom stereocenters. The predicted molar refractivity (Wildman–Crippen MR) is 137 cm³/mol. The number of piperidine rings is 1. The number of nitrogens with zero attached hydrogens (tertiary/aromatic N) is 3. The third-order valence-corrected chi connectivity index (χ3v) is 9.83. The van der Waals surface area contributed by atoms with Crippen molar-refractivity contribution in [2.24, 2.45) is 0 Å². The summed E-state index contributed by atoms with van der Waals surface area (Å²) in [6.45, 7) is 0.487. The number of benzene rings is 1. The lowest BCUT2D eigenvalue weighted by atomic mass is 10.1. The summed E-state index contributed by atoms with van der Waals surface area (Å²) in [5.41, 5.74) is 0. The van der Waals surface area contributed by atoms with Gasteiger partial charge in [0.25, 0.3) is 0 Å². The highest BCUT2D eigenvalue weighted by Crippen LogP contribution is 2.43. The van der Waals surface area contributed by atoms with Gasteiger partial charge in [-0.3, -0.25) is 4.31 Å². The lowest BCUT2D eigenvalue weighted by molar-refractivity contribution is -0.286. The molecular weight excluding hydrogens is 548 g/mol. The molecule has 37 heavy (non-hydrogen) atoms. The highest BCUT2D eigenvalue weighted by Gasteiger charge is 2.44. The van der Waals surface area contributed by atoms with Crippen molar-refractivity contribution in [3.8, 4) is 17.2 Å². The van der Waals surface area contributed by atoms with Crippen LogP contribution >= 0.6 is 23.5 Å². The summed E-state index contributed by atoms with van der Waals surface area (Å²) in [6.07, 6.45) is 4.72. The Balaban J connectivity index is 1.33. The van der Waals surface area contributed by atoms with Crippen LogP contribution in [0.4, 0.5) is 14.6 Å². The smallest absolute Gasteiger partial charge is 0.495 e. The molecule has 8 nitrogen and oxygen atoms in total. The lowest BCUT2D eigenvalue weighted by Crippen LogP contribution is -2.45. The van der Waals surface area contributed by atoms with Crippen molar-refractivity contribution in [2.45, 2.75) is 42.9 Å². The Hall–Kier alpha value is -2.54. The van der Waals surface area contributed by atoms with Crippen molar-refractivity contribution >= 4 is 39.4 Å². The second-order valence-electron chi connectivity index (χ2n) is 8.58. The van der Waals surface area contributed by atoms with E-state index in [1.54, 1.807) is 13.3 Å². The fourth-order valence-corrected chi connectivity index (χ4v) is 7.21. The average molecular weight is 572 g/mol. The molecule has 1 aromatic carbocycles. The van der Waals surface area contributed by atoms with Gasteiger partial charge in [-0.2, -0.15) is 4.31 Å². The normalized spacial score (nSPS) is 19.8. The van der Waals surface area contributed by atoms with E-state index < -0.39 is 16.3 Å². The van der Waals surface area contributed by atoms with Crippen LogP contribution < -0.4 is 18.5 Å². The Morgan fingerprint density at radius 1 is 1.14 bits per heavy atom. The Morgan fingerprint density at radius 2 is 1.86 bits per heavy atom. The Bertz CT molecular complexity index is 1330. The summed E-state index contributed by atoms with van der Waals surface area (Å²) in [4.78, 5) is 5.35. The van der Waals surface area contributed by atoms with Crippen molar-refractivity contribution in [3.05, 3.63) is 58.6 Å². The van der Waals surface area contributed by atoms with Crippen molar-refractivity contribution in [1.29, 1.82) is 0 Å². The third-order valence-electron chi connectivity index (χ3n) is 6.20. The molecular formula is C24H24ClF2N3O5S2. The predicted octanol–water partition coefficient (Wildman–Crippen LogP) is 5.52. The molecule has 198 valence electrons. The van der Waals surface area contributed by atoms with Gasteiger partial charge in [-0.1, -0.05) is 23.8 Å². The Kier molecular flexibility index (Phi) is 7.27. The first-order valence-electron chi connectivity index (χ1n) is 11.6. The SMILES string of the molecule is COc1ccc(N(SC2=CCCC=C2Cl)C2CCN(S(=O)(=O)c3ccc4c(c3)OC(F)(F)O4)CC2)nc1. The lowest BCUT2D eigenvalue weighted by Gasteiger charge is -2.38. The second-order valence-corrected chi connectivity index (χ2v) is 11.9. The average Bonchev–Trinajstić information content (AvgIpc) is 3.21. The van der Waals surface area contributed by atoms with Gasteiger partial charge in [-0.15, -0.1) is 8.78 Å². The zero-order chi connectivity index (χ0) is 26.2. The molecule has 13 heteroatoms. The number of sulfonamides is 1. The van der Waals surface area contributed by atoms with Crippen LogP contribution in [0.2, 0.25) is 0 Å². The molecule has 1 aliphatic carbocycles. The molecule has 2 aromatic rings. The summed E-state index contributed by atoms with van der Waals surface area (Å²) in [5, 5.41) is 0.683. The van der Waals surface area contributed by atoms with Crippen molar-refractivity contribution in [1.82, 2.24) is 9.29 Å². The third kappa shape index (κ3) is 5.52. The minimum absolute atomic E-state index is 0.0277. The number of allylic oxidation sites excluding steroid dienone is 3. The van der Waals surface area contributed by atoms with Gasteiger partial charge in [0.2, 0.25) is 10.0 Å². The quantitative estimate of drug-likeness (QED) is 0.402. The fourth-order valence-electron chi connectivity index (χ4n) is 4.30. The van der Waals surface area contributed by atoms with E-state index in [2.05, 4.69) is 24.8 Å². The van der Waals surface area contributed by atoms with Gasteiger partial charge in [0.05, 0.1) is 23.2 Å². The molecule has 1 aromatic heterocycles. The molecule has 0 spiro atoms. The van der Waals surface area contributed by atoms with Crippen LogP contribution in [0.1, 0.15) is 25.7 Å². The van der Waals surface area contributed by atoms with E-state index in [4.69, 9.17) is 16.3 Å². The number of fused-ring (bicyclic) bond motifs is 1. The van der Waals surface area contributed by atoms with Gasteiger partial charge in [-0.25, -0.2) is 13.4 Å². The minimum atomic E-state index is -3.93. The highest BCUT2D eigenvalue weighted by molar-refractivity contribution is 8.04. The van der Waals surface area contributed by atoms with Crippen LogP contribution in [0.5, 0.6) is 17.2 Å². The summed E-state index contributed by atoms with van der Waals surface area (Å²) >= 11 is 7.95. The first kappa shape index (κ1) is 26.1. The van der Waals surface area contributed by atoms with E-state index >= 15 is 0 Å².